The molecule has 0 unspecified atom stereocenters. The van der Waals surface area contributed by atoms with Crippen LogP contribution in [0.25, 0.3) is 0 Å². The van der Waals surface area contributed by atoms with Crippen LogP contribution >= 0.6 is 0 Å². The van der Waals surface area contributed by atoms with Gasteiger partial charge in [0.05, 0.1) is 6.61 Å². The molecule has 0 radical (unpaired) electrons. The highest BCUT2D eigenvalue weighted by molar-refractivity contribution is 5.80. The Labute approximate surface area is 114 Å². The van der Waals surface area contributed by atoms with Crippen LogP contribution in [0.2, 0.25) is 0 Å². The Hall–Kier alpha value is -1.39. The summed E-state index contributed by atoms with van der Waals surface area (Å²) in [5.41, 5.74) is 2.42. The monoisotopic (exact) mass is 262 g/mol. The molecule has 0 aromatic heterocycles. The van der Waals surface area contributed by atoms with Crippen LogP contribution in [0.4, 0.5) is 0 Å². The van der Waals surface area contributed by atoms with Crippen molar-refractivity contribution in [3.05, 3.63) is 35.4 Å². The van der Waals surface area contributed by atoms with Crippen LogP contribution in [0.15, 0.2) is 24.3 Å². The maximum absolute atomic E-state index is 11.4. The molecule has 1 saturated carbocycles. The molecule has 4 heteroatoms. The second-order valence-electron chi connectivity index (χ2n) is 5.00. The molecule has 1 fully saturated rings. The van der Waals surface area contributed by atoms with E-state index in [1.165, 1.54) is 11.1 Å². The molecule has 0 spiro atoms. The highest BCUT2D eigenvalue weighted by Crippen LogP contribution is 2.28. The average Bonchev–Trinajstić information content (AvgIpc) is 3.23. The van der Waals surface area contributed by atoms with Gasteiger partial charge in [-0.25, -0.2) is 0 Å². The molecule has 0 atom stereocenters. The number of rotatable bonds is 8. The maximum Gasteiger partial charge on any atom is 0.223 e. The first kappa shape index (κ1) is 14.0. The average molecular weight is 262 g/mol. The Morgan fingerprint density at radius 1 is 1.32 bits per heavy atom. The summed E-state index contributed by atoms with van der Waals surface area (Å²) in [6.45, 7) is 2.96. The molecular formula is C15H22N2O2. The molecule has 2 N–H and O–H groups in total. The molecule has 2 rings (SSSR count). The summed E-state index contributed by atoms with van der Waals surface area (Å²) in [6.07, 6.45) is 2.12. The van der Waals surface area contributed by atoms with E-state index in [0.717, 1.165) is 25.9 Å². The van der Waals surface area contributed by atoms with Crippen LogP contribution in [-0.4, -0.2) is 26.1 Å². The molecule has 1 amide bonds. The quantitative estimate of drug-likeness (QED) is 0.697. The maximum atomic E-state index is 11.4. The normalized spacial score (nSPS) is 14.4. The number of nitrogens with one attached hydrogen (secondary N) is 2. The number of amides is 1. The van der Waals surface area contributed by atoms with Crippen LogP contribution in [0.1, 0.15) is 24.0 Å². The van der Waals surface area contributed by atoms with E-state index < -0.39 is 0 Å². The molecule has 1 aliphatic carbocycles. The van der Waals surface area contributed by atoms with Gasteiger partial charge in [0.15, 0.2) is 0 Å². The third kappa shape index (κ3) is 5.01. The predicted octanol–water partition coefficient (Wildman–Crippen LogP) is 1.45. The Bertz CT molecular complexity index is 416. The topological polar surface area (TPSA) is 50.4 Å². The zero-order valence-corrected chi connectivity index (χ0v) is 11.4. The first-order valence-corrected chi connectivity index (χ1v) is 6.85. The lowest BCUT2D eigenvalue weighted by atomic mass is 10.1. The van der Waals surface area contributed by atoms with Crippen molar-refractivity contribution < 1.29 is 9.53 Å². The van der Waals surface area contributed by atoms with Crippen molar-refractivity contribution in [2.24, 2.45) is 5.92 Å². The zero-order valence-electron chi connectivity index (χ0n) is 11.4. The van der Waals surface area contributed by atoms with Gasteiger partial charge in [0.2, 0.25) is 5.91 Å². The van der Waals surface area contributed by atoms with Crippen LogP contribution in [0, 0.1) is 5.92 Å². The molecule has 0 saturated heterocycles. The van der Waals surface area contributed by atoms with Crippen molar-refractivity contribution in [2.75, 3.05) is 20.2 Å². The van der Waals surface area contributed by atoms with E-state index in [9.17, 15) is 4.79 Å². The number of carbonyl (C=O) groups excluding carboxylic acids is 1. The third-order valence-electron chi connectivity index (χ3n) is 3.18. The van der Waals surface area contributed by atoms with Crippen LogP contribution < -0.4 is 10.6 Å². The van der Waals surface area contributed by atoms with Gasteiger partial charge in [-0.1, -0.05) is 24.3 Å². The van der Waals surface area contributed by atoms with Gasteiger partial charge in [-0.05, 0) is 24.0 Å². The number of carbonyl (C=O) groups is 1. The summed E-state index contributed by atoms with van der Waals surface area (Å²) < 4.78 is 5.11. The molecule has 1 aromatic rings. The lowest BCUT2D eigenvalue weighted by molar-refractivity contribution is -0.122. The second kappa shape index (κ2) is 7.26. The van der Waals surface area contributed by atoms with E-state index in [4.69, 9.17) is 4.74 Å². The van der Waals surface area contributed by atoms with Gasteiger partial charge in [0.1, 0.15) is 0 Å². The van der Waals surface area contributed by atoms with Crippen molar-refractivity contribution in [1.82, 2.24) is 10.6 Å². The number of ether oxygens (including phenoxy) is 1. The van der Waals surface area contributed by atoms with E-state index in [1.807, 2.05) is 6.07 Å². The Balaban J connectivity index is 1.61. The van der Waals surface area contributed by atoms with E-state index in [1.54, 1.807) is 7.11 Å². The van der Waals surface area contributed by atoms with Gasteiger partial charge in [-0.15, -0.1) is 0 Å². The highest BCUT2D eigenvalue weighted by Gasteiger charge is 2.28. The van der Waals surface area contributed by atoms with Crippen molar-refractivity contribution in [3.8, 4) is 0 Å². The van der Waals surface area contributed by atoms with E-state index in [0.29, 0.717) is 19.1 Å². The summed E-state index contributed by atoms with van der Waals surface area (Å²) >= 11 is 0. The fourth-order valence-electron chi connectivity index (χ4n) is 1.99. The van der Waals surface area contributed by atoms with Gasteiger partial charge in [-0.2, -0.15) is 0 Å². The van der Waals surface area contributed by atoms with Crippen molar-refractivity contribution >= 4 is 5.91 Å². The molecule has 19 heavy (non-hydrogen) atoms. The summed E-state index contributed by atoms with van der Waals surface area (Å²) in [7, 11) is 1.70. The molecule has 1 aromatic carbocycles. The summed E-state index contributed by atoms with van der Waals surface area (Å²) in [5, 5.41) is 6.27. The third-order valence-corrected chi connectivity index (χ3v) is 3.18. The van der Waals surface area contributed by atoms with E-state index >= 15 is 0 Å². The number of hydrogen-bond donors (Lipinski definition) is 2. The molecule has 0 heterocycles. The minimum absolute atomic E-state index is 0.212. The largest absolute Gasteiger partial charge is 0.380 e. The van der Waals surface area contributed by atoms with E-state index in [-0.39, 0.29) is 5.91 Å². The van der Waals surface area contributed by atoms with Crippen LogP contribution in [0.3, 0.4) is 0 Å². The Kier molecular flexibility index (Phi) is 5.36. The molecular weight excluding hydrogens is 240 g/mol. The number of methoxy groups -OCH3 is 1. The Morgan fingerprint density at radius 3 is 2.84 bits per heavy atom. The van der Waals surface area contributed by atoms with Gasteiger partial charge in [0, 0.05) is 32.7 Å². The van der Waals surface area contributed by atoms with Crippen LogP contribution in [-0.2, 0) is 22.7 Å². The predicted molar refractivity (Wildman–Crippen MR) is 74.6 cm³/mol. The molecule has 0 bridgehead atoms. The van der Waals surface area contributed by atoms with Gasteiger partial charge in [-0.3, -0.25) is 4.79 Å². The van der Waals surface area contributed by atoms with Crippen molar-refractivity contribution in [3.63, 3.8) is 0 Å². The molecule has 1 aliphatic rings. The minimum Gasteiger partial charge on any atom is -0.380 e. The summed E-state index contributed by atoms with van der Waals surface area (Å²) in [4.78, 5) is 11.4. The summed E-state index contributed by atoms with van der Waals surface area (Å²) in [5.74, 6) is 0.509. The fraction of sp³-hybridized carbons (Fsp3) is 0.533. The standard InChI is InChI=1S/C15H22N2O2/c1-19-11-13-4-2-3-12(9-13)10-16-7-8-17-15(18)14-5-6-14/h2-4,9,14,16H,5-8,10-11H2,1H3,(H,17,18). The molecule has 4 nitrogen and oxygen atoms in total. The van der Waals surface area contributed by atoms with Crippen molar-refractivity contribution in [2.45, 2.75) is 26.0 Å². The number of benzene rings is 1. The summed E-state index contributed by atoms with van der Waals surface area (Å²) in [6, 6.07) is 8.33. The van der Waals surface area contributed by atoms with Crippen molar-refractivity contribution in [1.29, 1.82) is 0 Å². The van der Waals surface area contributed by atoms with Gasteiger partial charge >= 0.3 is 0 Å². The Morgan fingerprint density at radius 2 is 2.11 bits per heavy atom. The van der Waals surface area contributed by atoms with E-state index in [2.05, 4.69) is 28.8 Å². The van der Waals surface area contributed by atoms with Crippen LogP contribution in [0.5, 0.6) is 0 Å². The first-order chi connectivity index (χ1) is 9.29. The van der Waals surface area contributed by atoms with Gasteiger partial charge in [0.25, 0.3) is 0 Å². The highest BCUT2D eigenvalue weighted by atomic mass is 16.5. The fourth-order valence-corrected chi connectivity index (χ4v) is 1.99. The van der Waals surface area contributed by atoms with Gasteiger partial charge < -0.3 is 15.4 Å². The molecule has 0 aliphatic heterocycles. The SMILES string of the molecule is COCc1cccc(CNCCNC(=O)C2CC2)c1. The smallest absolute Gasteiger partial charge is 0.223 e. The first-order valence-electron chi connectivity index (χ1n) is 6.85. The zero-order chi connectivity index (χ0) is 13.5. The lowest BCUT2D eigenvalue weighted by Gasteiger charge is -2.08. The lowest BCUT2D eigenvalue weighted by Crippen LogP contribution is -2.32. The minimum atomic E-state index is 0.212. The number of hydrogen-bond acceptors (Lipinski definition) is 3. The molecule has 104 valence electrons. The second-order valence-corrected chi connectivity index (χ2v) is 5.00.